The second-order valence-electron chi connectivity index (χ2n) is 6.30. The maximum Gasteiger partial charge on any atom is 0.273 e. The number of hydrogen-bond donors (Lipinski definition) is 0. The second-order valence-corrected chi connectivity index (χ2v) is 6.30. The molecule has 0 N–H and O–H groups in total. The summed E-state index contributed by atoms with van der Waals surface area (Å²) in [6.45, 7) is 5.80. The summed E-state index contributed by atoms with van der Waals surface area (Å²) in [6.07, 6.45) is 0. The van der Waals surface area contributed by atoms with Crippen LogP contribution in [0.4, 0.5) is 5.69 Å². The molecule has 1 aliphatic carbocycles. The largest absolute Gasteiger partial charge is 0.289 e. The minimum Gasteiger partial charge on any atom is -0.289 e. The molecular weight excluding hydrogens is 266 g/mol. The van der Waals surface area contributed by atoms with Crippen molar-refractivity contribution in [2.45, 2.75) is 26.2 Å². The summed E-state index contributed by atoms with van der Waals surface area (Å²) in [7, 11) is 0. The first-order chi connectivity index (χ1) is 9.80. The number of nitro groups is 1. The van der Waals surface area contributed by atoms with Gasteiger partial charge in [-0.05, 0) is 22.6 Å². The van der Waals surface area contributed by atoms with E-state index in [1.807, 2.05) is 39.0 Å². The average Bonchev–Trinajstić information content (AvgIpc) is 2.70. The smallest absolute Gasteiger partial charge is 0.273 e. The van der Waals surface area contributed by atoms with Gasteiger partial charge in [-0.2, -0.15) is 0 Å². The summed E-state index contributed by atoms with van der Waals surface area (Å²) >= 11 is 0. The monoisotopic (exact) mass is 281 g/mol. The molecule has 0 saturated heterocycles. The van der Waals surface area contributed by atoms with Gasteiger partial charge in [-0.3, -0.25) is 14.9 Å². The number of benzene rings is 2. The molecule has 0 amide bonds. The number of fused-ring (bicyclic) bond motifs is 3. The van der Waals surface area contributed by atoms with Gasteiger partial charge >= 0.3 is 0 Å². The van der Waals surface area contributed by atoms with E-state index in [1.54, 1.807) is 12.1 Å². The van der Waals surface area contributed by atoms with Crippen LogP contribution in [0, 0.1) is 10.1 Å². The lowest BCUT2D eigenvalue weighted by molar-refractivity contribution is -0.386. The van der Waals surface area contributed by atoms with Gasteiger partial charge in [0.05, 0.1) is 4.92 Å². The highest BCUT2D eigenvalue weighted by atomic mass is 16.6. The normalized spacial score (nSPS) is 13.0. The van der Waals surface area contributed by atoms with Gasteiger partial charge in [-0.1, -0.05) is 45.0 Å². The van der Waals surface area contributed by atoms with Gasteiger partial charge in [0.1, 0.15) is 0 Å². The van der Waals surface area contributed by atoms with Crippen LogP contribution in [0.3, 0.4) is 0 Å². The molecule has 0 atom stereocenters. The molecule has 0 saturated carbocycles. The molecule has 0 spiro atoms. The van der Waals surface area contributed by atoms with Gasteiger partial charge in [-0.15, -0.1) is 0 Å². The fourth-order valence-corrected chi connectivity index (χ4v) is 2.81. The fourth-order valence-electron chi connectivity index (χ4n) is 2.81. The van der Waals surface area contributed by atoms with Crippen molar-refractivity contribution in [2.24, 2.45) is 0 Å². The Hall–Kier alpha value is -2.49. The zero-order valence-corrected chi connectivity index (χ0v) is 12.1. The zero-order valence-electron chi connectivity index (χ0n) is 12.1. The van der Waals surface area contributed by atoms with E-state index in [9.17, 15) is 14.9 Å². The van der Waals surface area contributed by atoms with Gasteiger partial charge in [0, 0.05) is 22.8 Å². The highest BCUT2D eigenvalue weighted by Gasteiger charge is 2.33. The minimum atomic E-state index is -0.406. The van der Waals surface area contributed by atoms with Crippen LogP contribution in [0.1, 0.15) is 42.3 Å². The number of hydrogen-bond acceptors (Lipinski definition) is 3. The van der Waals surface area contributed by atoms with Crippen molar-refractivity contribution in [1.82, 2.24) is 0 Å². The molecular formula is C17H15NO3. The van der Waals surface area contributed by atoms with Crippen molar-refractivity contribution in [3.63, 3.8) is 0 Å². The molecule has 106 valence electrons. The number of ketones is 1. The van der Waals surface area contributed by atoms with Crippen LogP contribution in [-0.4, -0.2) is 10.7 Å². The molecule has 1 aliphatic rings. The summed E-state index contributed by atoms with van der Waals surface area (Å²) in [5.41, 5.74) is 3.00. The zero-order chi connectivity index (χ0) is 15.4. The van der Waals surface area contributed by atoms with Crippen LogP contribution in [0.5, 0.6) is 0 Å². The third-order valence-corrected chi connectivity index (χ3v) is 3.85. The van der Waals surface area contributed by atoms with E-state index >= 15 is 0 Å². The maximum absolute atomic E-state index is 12.4. The molecule has 2 aromatic carbocycles. The molecule has 2 aromatic rings. The van der Waals surface area contributed by atoms with E-state index in [0.717, 1.165) is 11.1 Å². The molecule has 0 unspecified atom stereocenters. The predicted molar refractivity (Wildman–Crippen MR) is 80.7 cm³/mol. The lowest BCUT2D eigenvalue weighted by atomic mass is 9.83. The highest BCUT2D eigenvalue weighted by Crippen LogP contribution is 2.42. The summed E-state index contributed by atoms with van der Waals surface area (Å²) in [6, 6.07) is 10.6. The van der Waals surface area contributed by atoms with Crippen molar-refractivity contribution in [2.75, 3.05) is 0 Å². The average molecular weight is 281 g/mol. The van der Waals surface area contributed by atoms with E-state index < -0.39 is 4.92 Å². The summed E-state index contributed by atoms with van der Waals surface area (Å²) in [5, 5.41) is 11.3. The standard InChI is InChI=1S/C17H15NO3/c1-17(2,3)14-8-12-10-6-4-5-7-11(10)16(19)13(12)9-15(14)18(20)21/h4-9H,1-3H3. The van der Waals surface area contributed by atoms with Crippen LogP contribution in [0.25, 0.3) is 11.1 Å². The molecule has 3 rings (SSSR count). The minimum absolute atomic E-state index is 0.0161. The predicted octanol–water partition coefficient (Wildman–Crippen LogP) is 4.10. The number of rotatable bonds is 1. The van der Waals surface area contributed by atoms with Crippen molar-refractivity contribution in [1.29, 1.82) is 0 Å². The Bertz CT molecular complexity index is 785. The van der Waals surface area contributed by atoms with E-state index in [0.29, 0.717) is 16.7 Å². The Kier molecular flexibility index (Phi) is 2.73. The number of carbonyl (C=O) groups is 1. The van der Waals surface area contributed by atoms with Crippen molar-refractivity contribution >= 4 is 11.5 Å². The Morgan fingerprint density at radius 3 is 2.14 bits per heavy atom. The Labute approximate surface area is 122 Å². The molecule has 4 heteroatoms. The molecule has 0 bridgehead atoms. The van der Waals surface area contributed by atoms with E-state index in [4.69, 9.17) is 0 Å². The van der Waals surface area contributed by atoms with Crippen molar-refractivity contribution in [3.05, 3.63) is 63.2 Å². The van der Waals surface area contributed by atoms with Gasteiger partial charge in [-0.25, -0.2) is 0 Å². The quantitative estimate of drug-likeness (QED) is 0.498. The van der Waals surface area contributed by atoms with E-state index in [1.165, 1.54) is 6.07 Å². The summed E-state index contributed by atoms with van der Waals surface area (Å²) in [5.74, 6) is -0.135. The Morgan fingerprint density at radius 1 is 0.952 bits per heavy atom. The SMILES string of the molecule is CC(C)(C)c1cc2c(cc1[N+](=O)[O-])C(=O)c1ccccc1-2. The van der Waals surface area contributed by atoms with Crippen molar-refractivity contribution < 1.29 is 9.72 Å². The summed E-state index contributed by atoms with van der Waals surface area (Å²) in [4.78, 5) is 23.3. The Morgan fingerprint density at radius 2 is 1.57 bits per heavy atom. The number of nitro benzene ring substituents is 1. The molecule has 0 heterocycles. The topological polar surface area (TPSA) is 60.2 Å². The number of nitrogens with zero attached hydrogens (tertiary/aromatic N) is 1. The number of carbonyl (C=O) groups excluding carboxylic acids is 1. The molecule has 4 nitrogen and oxygen atoms in total. The first kappa shape index (κ1) is 13.5. The van der Waals surface area contributed by atoms with Crippen LogP contribution < -0.4 is 0 Å². The lowest BCUT2D eigenvalue weighted by Gasteiger charge is -2.20. The van der Waals surface area contributed by atoms with Gasteiger partial charge in [0.2, 0.25) is 0 Å². The van der Waals surface area contributed by atoms with Crippen LogP contribution >= 0.6 is 0 Å². The Balaban J connectivity index is 2.35. The highest BCUT2D eigenvalue weighted by molar-refractivity contribution is 6.22. The summed E-state index contributed by atoms with van der Waals surface area (Å²) < 4.78 is 0. The third kappa shape index (κ3) is 1.95. The lowest BCUT2D eigenvalue weighted by Crippen LogP contribution is -2.14. The molecule has 0 aromatic heterocycles. The molecule has 0 fully saturated rings. The molecule has 21 heavy (non-hydrogen) atoms. The van der Waals surface area contributed by atoms with Crippen molar-refractivity contribution in [3.8, 4) is 11.1 Å². The van der Waals surface area contributed by atoms with Gasteiger partial charge in [0.25, 0.3) is 5.69 Å². The fraction of sp³-hybridized carbons (Fsp3) is 0.235. The second kappa shape index (κ2) is 4.25. The maximum atomic E-state index is 12.4. The van der Waals surface area contributed by atoms with Crippen LogP contribution in [0.2, 0.25) is 0 Å². The van der Waals surface area contributed by atoms with E-state index in [2.05, 4.69) is 0 Å². The molecule has 0 aliphatic heterocycles. The van der Waals surface area contributed by atoms with Gasteiger partial charge < -0.3 is 0 Å². The van der Waals surface area contributed by atoms with Crippen LogP contribution in [-0.2, 0) is 5.41 Å². The molecule has 0 radical (unpaired) electrons. The van der Waals surface area contributed by atoms with Gasteiger partial charge in [0.15, 0.2) is 5.78 Å². The third-order valence-electron chi connectivity index (χ3n) is 3.85. The first-order valence-corrected chi connectivity index (χ1v) is 6.77. The van der Waals surface area contributed by atoms with E-state index in [-0.39, 0.29) is 16.9 Å². The van der Waals surface area contributed by atoms with Crippen LogP contribution in [0.15, 0.2) is 36.4 Å². The first-order valence-electron chi connectivity index (χ1n) is 6.77.